The molecule has 24 heavy (non-hydrogen) atoms. The van der Waals surface area contributed by atoms with E-state index in [2.05, 4.69) is 52.9 Å². The maximum Gasteiger partial charge on any atom is 0.230 e. The Kier molecular flexibility index (Phi) is 6.07. The summed E-state index contributed by atoms with van der Waals surface area (Å²) in [7, 11) is 0. The molecular weight excluding hydrogens is 356 g/mol. The molecule has 3 nitrogen and oxygen atoms in total. The molecule has 0 atom stereocenters. The molecule has 0 unspecified atom stereocenters. The first-order chi connectivity index (χ1) is 11.7. The van der Waals surface area contributed by atoms with Crippen LogP contribution >= 0.6 is 34.4 Å². The van der Waals surface area contributed by atoms with Crippen LogP contribution in [-0.2, 0) is 11.2 Å². The smallest absolute Gasteiger partial charge is 0.230 e. The molecule has 6 heteroatoms. The largest absolute Gasteiger partial charge is 0.355 e. The summed E-state index contributed by atoms with van der Waals surface area (Å²) < 4.78 is 0.930. The molecule has 1 amide bonds. The van der Waals surface area contributed by atoms with Crippen molar-refractivity contribution in [1.29, 1.82) is 0 Å². The molecule has 0 fully saturated rings. The lowest BCUT2D eigenvalue weighted by atomic mass is 10.1. The number of amides is 1. The zero-order valence-electron chi connectivity index (χ0n) is 13.3. The number of thioether (sulfide) groups is 1. The lowest BCUT2D eigenvalue weighted by Gasteiger charge is -2.03. The third-order valence-corrected chi connectivity index (χ3v) is 6.39. The van der Waals surface area contributed by atoms with E-state index in [1.807, 2.05) is 11.4 Å². The highest BCUT2D eigenvalue weighted by Crippen LogP contribution is 2.28. The highest BCUT2D eigenvalue weighted by molar-refractivity contribution is 8.01. The fraction of sp³-hybridized carbons (Fsp3) is 0.222. The topological polar surface area (TPSA) is 42.0 Å². The third-order valence-electron chi connectivity index (χ3n) is 3.43. The van der Waals surface area contributed by atoms with Gasteiger partial charge >= 0.3 is 0 Å². The van der Waals surface area contributed by atoms with Gasteiger partial charge in [0.1, 0.15) is 0 Å². The van der Waals surface area contributed by atoms with Crippen molar-refractivity contribution in [2.75, 3.05) is 12.3 Å². The minimum Gasteiger partial charge on any atom is -0.355 e. The summed E-state index contributed by atoms with van der Waals surface area (Å²) >= 11 is 4.80. The summed E-state index contributed by atoms with van der Waals surface area (Å²) in [4.78, 5) is 17.8. The van der Waals surface area contributed by atoms with E-state index < -0.39 is 0 Å². The van der Waals surface area contributed by atoms with Crippen molar-refractivity contribution in [2.45, 2.75) is 17.7 Å². The van der Waals surface area contributed by atoms with E-state index in [1.54, 1.807) is 22.7 Å². The predicted molar refractivity (Wildman–Crippen MR) is 104 cm³/mol. The fourth-order valence-corrected chi connectivity index (χ4v) is 4.51. The first-order valence-corrected chi connectivity index (χ1v) is 10.4. The number of benzene rings is 1. The molecule has 1 N–H and O–H groups in total. The Bertz CT molecular complexity index is 779. The van der Waals surface area contributed by atoms with Gasteiger partial charge < -0.3 is 5.32 Å². The predicted octanol–water partition coefficient (Wildman–Crippen LogP) is 4.63. The number of rotatable bonds is 7. The zero-order valence-corrected chi connectivity index (χ0v) is 15.8. The van der Waals surface area contributed by atoms with Gasteiger partial charge in [-0.1, -0.05) is 47.7 Å². The number of nitrogens with one attached hydrogen (secondary N) is 1. The van der Waals surface area contributed by atoms with Crippen LogP contribution in [0, 0.1) is 6.92 Å². The molecule has 2 heterocycles. The number of hydrogen-bond acceptors (Lipinski definition) is 5. The second kappa shape index (κ2) is 8.46. The highest BCUT2D eigenvalue weighted by atomic mass is 32.2. The molecule has 3 rings (SSSR count). The van der Waals surface area contributed by atoms with Crippen molar-refractivity contribution in [3.05, 3.63) is 57.6 Å². The van der Waals surface area contributed by atoms with E-state index in [0.717, 1.165) is 22.0 Å². The molecule has 1 aromatic carbocycles. The van der Waals surface area contributed by atoms with Crippen molar-refractivity contribution in [2.24, 2.45) is 0 Å². The Morgan fingerprint density at radius 2 is 2.04 bits per heavy atom. The summed E-state index contributed by atoms with van der Waals surface area (Å²) in [5, 5.41) is 7.06. The van der Waals surface area contributed by atoms with Gasteiger partial charge in [0.2, 0.25) is 5.91 Å². The van der Waals surface area contributed by atoms with Crippen molar-refractivity contribution in [3.8, 4) is 11.3 Å². The lowest BCUT2D eigenvalue weighted by Crippen LogP contribution is -2.27. The van der Waals surface area contributed by atoms with Crippen molar-refractivity contribution in [1.82, 2.24) is 10.3 Å². The van der Waals surface area contributed by atoms with Crippen LogP contribution in [0.3, 0.4) is 0 Å². The Labute approximate surface area is 154 Å². The van der Waals surface area contributed by atoms with Gasteiger partial charge in [-0.05, 0) is 24.8 Å². The van der Waals surface area contributed by atoms with Crippen molar-refractivity contribution in [3.63, 3.8) is 0 Å². The molecule has 0 saturated heterocycles. The van der Waals surface area contributed by atoms with Crippen LogP contribution in [-0.4, -0.2) is 23.2 Å². The second-order valence-electron chi connectivity index (χ2n) is 5.33. The van der Waals surface area contributed by atoms with Gasteiger partial charge in [-0.2, -0.15) is 0 Å². The summed E-state index contributed by atoms with van der Waals surface area (Å²) in [6.45, 7) is 2.76. The summed E-state index contributed by atoms with van der Waals surface area (Å²) in [6.07, 6.45) is 0.892. The van der Waals surface area contributed by atoms with Gasteiger partial charge in [0, 0.05) is 22.4 Å². The van der Waals surface area contributed by atoms with Crippen LogP contribution in [0.2, 0.25) is 0 Å². The Balaban J connectivity index is 1.44. The average Bonchev–Trinajstić information content (AvgIpc) is 3.25. The Morgan fingerprint density at radius 1 is 1.21 bits per heavy atom. The molecule has 0 aliphatic heterocycles. The molecule has 3 aromatic rings. The molecule has 0 aliphatic carbocycles. The van der Waals surface area contributed by atoms with Gasteiger partial charge in [-0.3, -0.25) is 4.79 Å². The van der Waals surface area contributed by atoms with Crippen LogP contribution in [0.5, 0.6) is 0 Å². The molecule has 124 valence electrons. The molecule has 0 spiro atoms. The Morgan fingerprint density at radius 3 is 2.79 bits per heavy atom. The average molecular weight is 375 g/mol. The molecule has 0 radical (unpaired) electrons. The first kappa shape index (κ1) is 17.2. The van der Waals surface area contributed by atoms with Crippen LogP contribution < -0.4 is 5.32 Å². The molecular formula is C18H18N2OS3. The monoisotopic (exact) mass is 374 g/mol. The summed E-state index contributed by atoms with van der Waals surface area (Å²) in [5.41, 5.74) is 3.33. The third kappa shape index (κ3) is 4.93. The van der Waals surface area contributed by atoms with Gasteiger partial charge in [-0.15, -0.1) is 22.7 Å². The minimum absolute atomic E-state index is 0.0589. The fourth-order valence-electron chi connectivity index (χ4n) is 2.14. The van der Waals surface area contributed by atoms with Gasteiger partial charge in [-0.25, -0.2) is 4.98 Å². The number of nitrogens with zero attached hydrogens (tertiary/aromatic N) is 1. The normalized spacial score (nSPS) is 10.7. The number of thiazole rings is 1. The number of aryl methyl sites for hydroxylation is 1. The molecule has 0 bridgehead atoms. The number of carbonyl (C=O) groups excluding carboxylic acids is 1. The van der Waals surface area contributed by atoms with Crippen molar-refractivity contribution >= 4 is 40.3 Å². The van der Waals surface area contributed by atoms with Gasteiger partial charge in [0.25, 0.3) is 0 Å². The van der Waals surface area contributed by atoms with Gasteiger partial charge in [0.05, 0.1) is 11.4 Å². The van der Waals surface area contributed by atoms with Crippen LogP contribution in [0.1, 0.15) is 10.4 Å². The maximum atomic E-state index is 11.9. The van der Waals surface area contributed by atoms with E-state index in [4.69, 9.17) is 0 Å². The van der Waals surface area contributed by atoms with E-state index in [9.17, 15) is 4.79 Å². The number of carbonyl (C=O) groups is 1. The quantitative estimate of drug-likeness (QED) is 0.613. The van der Waals surface area contributed by atoms with Crippen LogP contribution in [0.4, 0.5) is 0 Å². The maximum absolute atomic E-state index is 11.9. The summed E-state index contributed by atoms with van der Waals surface area (Å²) in [6, 6.07) is 12.5. The number of aromatic nitrogens is 1. The van der Waals surface area contributed by atoms with E-state index in [0.29, 0.717) is 12.3 Å². The second-order valence-corrected chi connectivity index (χ2v) is 8.45. The van der Waals surface area contributed by atoms with E-state index >= 15 is 0 Å². The highest BCUT2D eigenvalue weighted by Gasteiger charge is 2.08. The molecule has 0 saturated carbocycles. The SMILES string of the molecule is Cc1ccc(-c2csc(SCC(=O)NCCc3cccs3)n2)cc1. The van der Waals surface area contributed by atoms with Crippen LogP contribution in [0.25, 0.3) is 11.3 Å². The lowest BCUT2D eigenvalue weighted by molar-refractivity contribution is -0.118. The Hall–Kier alpha value is -1.63. The van der Waals surface area contributed by atoms with Crippen LogP contribution in [0.15, 0.2) is 51.5 Å². The van der Waals surface area contributed by atoms with Crippen molar-refractivity contribution < 1.29 is 4.79 Å². The minimum atomic E-state index is 0.0589. The summed E-state index contributed by atoms with van der Waals surface area (Å²) in [5.74, 6) is 0.467. The first-order valence-electron chi connectivity index (χ1n) is 7.65. The van der Waals surface area contributed by atoms with E-state index in [-0.39, 0.29) is 5.91 Å². The number of hydrogen-bond donors (Lipinski definition) is 1. The molecule has 0 aliphatic rings. The standard InChI is InChI=1S/C18H18N2OS3/c1-13-4-6-14(7-5-13)16-11-23-18(20-16)24-12-17(21)19-9-8-15-3-2-10-22-15/h2-7,10-11H,8-9,12H2,1H3,(H,19,21). The van der Waals surface area contributed by atoms with Gasteiger partial charge in [0.15, 0.2) is 4.34 Å². The zero-order chi connectivity index (χ0) is 16.8. The molecule has 2 aromatic heterocycles. The van der Waals surface area contributed by atoms with E-state index in [1.165, 1.54) is 22.2 Å². The number of thiophene rings is 1.